The first-order chi connectivity index (χ1) is 9.06. The number of carbonyl (C=O) groups is 1. The molecule has 98 valence electrons. The van der Waals surface area contributed by atoms with Gasteiger partial charge in [0.2, 0.25) is 0 Å². The maximum absolute atomic E-state index is 11.7. The van der Waals surface area contributed by atoms with Crippen molar-refractivity contribution in [2.45, 2.75) is 6.54 Å². The molecule has 0 aliphatic heterocycles. The first-order valence-corrected chi connectivity index (χ1v) is 5.71. The normalized spacial score (nSPS) is 10.2. The minimum Gasteiger partial charge on any atom is -0.395 e. The van der Waals surface area contributed by atoms with Gasteiger partial charge >= 0.3 is 5.88 Å². The predicted molar refractivity (Wildman–Crippen MR) is 68.0 cm³/mol. The smallest absolute Gasteiger partial charge is 0.395 e. The van der Waals surface area contributed by atoms with Gasteiger partial charge in [0.05, 0.1) is 6.07 Å². The minimum atomic E-state index is -0.698. The van der Waals surface area contributed by atoms with E-state index in [1.165, 1.54) is 6.07 Å². The van der Waals surface area contributed by atoms with Crippen LogP contribution in [0.3, 0.4) is 0 Å². The lowest BCUT2D eigenvalue weighted by Crippen LogP contribution is -2.22. The molecule has 0 bridgehead atoms. The molecule has 0 aliphatic carbocycles. The first-order valence-electron chi connectivity index (χ1n) is 5.33. The average molecular weight is 281 g/mol. The Kier molecular flexibility index (Phi) is 3.82. The van der Waals surface area contributed by atoms with Crippen molar-refractivity contribution in [2.24, 2.45) is 0 Å². The highest BCUT2D eigenvalue weighted by Crippen LogP contribution is 2.15. The molecule has 19 heavy (non-hydrogen) atoms. The van der Waals surface area contributed by atoms with Crippen molar-refractivity contribution < 1.29 is 14.1 Å². The summed E-state index contributed by atoms with van der Waals surface area (Å²) >= 11 is 5.74. The van der Waals surface area contributed by atoms with Crippen molar-refractivity contribution in [3.63, 3.8) is 0 Å². The van der Waals surface area contributed by atoms with Crippen molar-refractivity contribution in [1.29, 1.82) is 0 Å². The van der Waals surface area contributed by atoms with Gasteiger partial charge in [0, 0.05) is 11.6 Å². The molecule has 6 nitrogen and oxygen atoms in total. The van der Waals surface area contributed by atoms with E-state index in [1.807, 2.05) is 0 Å². The summed E-state index contributed by atoms with van der Waals surface area (Å²) in [4.78, 5) is 21.4. The van der Waals surface area contributed by atoms with Crippen molar-refractivity contribution >= 4 is 23.4 Å². The minimum absolute atomic E-state index is 0.0966. The number of rotatable bonds is 4. The number of amides is 1. The van der Waals surface area contributed by atoms with Crippen LogP contribution in [0.2, 0.25) is 5.02 Å². The molecule has 2 aromatic rings. The number of benzene rings is 1. The summed E-state index contributed by atoms with van der Waals surface area (Å²) in [7, 11) is 0. The Morgan fingerprint density at radius 3 is 2.53 bits per heavy atom. The van der Waals surface area contributed by atoms with Crippen molar-refractivity contribution in [3.05, 3.63) is 62.9 Å². The molecular formula is C12H9ClN2O4. The first kappa shape index (κ1) is 13.1. The van der Waals surface area contributed by atoms with Gasteiger partial charge in [0.1, 0.15) is 4.92 Å². The third-order valence-electron chi connectivity index (χ3n) is 2.36. The van der Waals surface area contributed by atoms with Gasteiger partial charge in [-0.05, 0) is 23.8 Å². The van der Waals surface area contributed by atoms with Crippen LogP contribution in [-0.2, 0) is 6.54 Å². The van der Waals surface area contributed by atoms with Gasteiger partial charge in [-0.15, -0.1) is 0 Å². The van der Waals surface area contributed by atoms with E-state index in [4.69, 9.17) is 16.0 Å². The van der Waals surface area contributed by atoms with E-state index in [2.05, 4.69) is 5.32 Å². The van der Waals surface area contributed by atoms with Crippen LogP contribution in [0.5, 0.6) is 0 Å². The monoisotopic (exact) mass is 280 g/mol. The molecule has 2 rings (SSSR count). The molecule has 0 saturated carbocycles. The van der Waals surface area contributed by atoms with Crippen LogP contribution in [0, 0.1) is 10.1 Å². The fourth-order valence-corrected chi connectivity index (χ4v) is 1.55. The predicted octanol–water partition coefficient (Wildman–Crippen LogP) is 2.77. The van der Waals surface area contributed by atoms with Crippen LogP contribution >= 0.6 is 11.6 Å². The Hall–Kier alpha value is -2.34. The third kappa shape index (κ3) is 3.32. The van der Waals surface area contributed by atoms with Gasteiger partial charge in [-0.25, -0.2) is 0 Å². The van der Waals surface area contributed by atoms with Crippen LogP contribution < -0.4 is 5.32 Å². The number of hydrogen-bond acceptors (Lipinski definition) is 4. The number of hydrogen-bond donors (Lipinski definition) is 1. The molecule has 0 saturated heterocycles. The van der Waals surface area contributed by atoms with Crippen LogP contribution in [0.25, 0.3) is 0 Å². The number of nitro groups is 1. The van der Waals surface area contributed by atoms with Crippen LogP contribution in [-0.4, -0.2) is 10.8 Å². The molecule has 0 radical (unpaired) electrons. The number of furan rings is 1. The van der Waals surface area contributed by atoms with Crippen molar-refractivity contribution in [3.8, 4) is 0 Å². The highest BCUT2D eigenvalue weighted by atomic mass is 35.5. The maximum Gasteiger partial charge on any atom is 0.433 e. The molecule has 0 fully saturated rings. The summed E-state index contributed by atoms with van der Waals surface area (Å²) in [5, 5.41) is 13.6. The zero-order chi connectivity index (χ0) is 13.8. The second kappa shape index (κ2) is 5.53. The lowest BCUT2D eigenvalue weighted by Gasteiger charge is -2.03. The lowest BCUT2D eigenvalue weighted by atomic mass is 10.2. The molecule has 0 atom stereocenters. The van der Waals surface area contributed by atoms with Gasteiger partial charge in [-0.3, -0.25) is 14.9 Å². The van der Waals surface area contributed by atoms with E-state index >= 15 is 0 Å². The van der Waals surface area contributed by atoms with Crippen LogP contribution in [0.1, 0.15) is 16.1 Å². The summed E-state index contributed by atoms with van der Waals surface area (Å²) in [6.45, 7) is 0.282. The summed E-state index contributed by atoms with van der Waals surface area (Å²) in [6, 6.07) is 9.36. The van der Waals surface area contributed by atoms with Crippen molar-refractivity contribution in [1.82, 2.24) is 5.32 Å². The SMILES string of the molecule is O=C(NCc1ccc(Cl)cc1)c1ccc([N+](=O)[O-])o1. The van der Waals surface area contributed by atoms with E-state index in [0.29, 0.717) is 5.02 Å². The average Bonchev–Trinajstić information content (AvgIpc) is 2.87. The lowest BCUT2D eigenvalue weighted by molar-refractivity contribution is -0.402. The quantitative estimate of drug-likeness (QED) is 0.689. The van der Waals surface area contributed by atoms with E-state index in [9.17, 15) is 14.9 Å². The zero-order valence-electron chi connectivity index (χ0n) is 9.63. The summed E-state index contributed by atoms with van der Waals surface area (Å²) < 4.78 is 4.78. The zero-order valence-corrected chi connectivity index (χ0v) is 10.4. The number of nitrogens with one attached hydrogen (secondary N) is 1. The molecule has 0 spiro atoms. The van der Waals surface area contributed by atoms with Crippen molar-refractivity contribution in [2.75, 3.05) is 0 Å². The molecule has 1 N–H and O–H groups in total. The summed E-state index contributed by atoms with van der Waals surface area (Å²) in [5.74, 6) is -1.07. The Balaban J connectivity index is 1.97. The largest absolute Gasteiger partial charge is 0.433 e. The van der Waals surface area contributed by atoms with Crippen LogP contribution in [0.15, 0.2) is 40.8 Å². The van der Waals surface area contributed by atoms with E-state index in [1.54, 1.807) is 24.3 Å². The fourth-order valence-electron chi connectivity index (χ4n) is 1.42. The van der Waals surface area contributed by atoms with Crippen LogP contribution in [0.4, 0.5) is 5.88 Å². The second-order valence-electron chi connectivity index (χ2n) is 3.70. The topological polar surface area (TPSA) is 85.4 Å². The van der Waals surface area contributed by atoms with Gasteiger partial charge in [0.25, 0.3) is 5.91 Å². The summed E-state index contributed by atoms with van der Waals surface area (Å²) in [5.41, 5.74) is 0.860. The Bertz CT molecular complexity index is 606. The highest BCUT2D eigenvalue weighted by Gasteiger charge is 2.16. The molecule has 0 aliphatic rings. The number of carbonyl (C=O) groups excluding carboxylic acids is 1. The van der Waals surface area contributed by atoms with E-state index in [-0.39, 0.29) is 12.3 Å². The standard InChI is InChI=1S/C12H9ClN2O4/c13-9-3-1-8(2-4-9)7-14-12(16)10-5-6-11(19-10)15(17)18/h1-6H,7H2,(H,14,16). The molecule has 1 amide bonds. The Morgan fingerprint density at radius 2 is 1.95 bits per heavy atom. The highest BCUT2D eigenvalue weighted by molar-refractivity contribution is 6.30. The van der Waals surface area contributed by atoms with Gasteiger partial charge in [-0.2, -0.15) is 0 Å². The van der Waals surface area contributed by atoms with Gasteiger partial charge in [-0.1, -0.05) is 23.7 Å². The molecule has 1 aromatic carbocycles. The summed E-state index contributed by atoms with van der Waals surface area (Å²) in [6.07, 6.45) is 0. The Morgan fingerprint density at radius 1 is 1.26 bits per heavy atom. The molecule has 1 heterocycles. The molecule has 7 heteroatoms. The molecule has 0 unspecified atom stereocenters. The van der Waals surface area contributed by atoms with E-state index in [0.717, 1.165) is 11.6 Å². The van der Waals surface area contributed by atoms with E-state index < -0.39 is 16.7 Å². The maximum atomic E-state index is 11.7. The number of halogens is 1. The Labute approximate surface area is 113 Å². The second-order valence-corrected chi connectivity index (χ2v) is 4.14. The molecular weight excluding hydrogens is 272 g/mol. The fraction of sp³-hybridized carbons (Fsp3) is 0.0833. The number of nitrogens with zero attached hydrogens (tertiary/aromatic N) is 1. The van der Waals surface area contributed by atoms with Gasteiger partial charge < -0.3 is 9.73 Å². The third-order valence-corrected chi connectivity index (χ3v) is 2.61. The molecule has 1 aromatic heterocycles. The van der Waals surface area contributed by atoms with Gasteiger partial charge in [0.15, 0.2) is 5.76 Å².